The number of nitrogens with one attached hydrogen (secondary N) is 1. The number of hydrogen-bond acceptors (Lipinski definition) is 4. The lowest BCUT2D eigenvalue weighted by molar-refractivity contribution is -0.122. The van der Waals surface area contributed by atoms with Crippen molar-refractivity contribution in [1.29, 1.82) is 0 Å². The number of carbonyl (C=O) groups excluding carboxylic acids is 1. The van der Waals surface area contributed by atoms with E-state index in [1.54, 1.807) is 0 Å². The van der Waals surface area contributed by atoms with Gasteiger partial charge in [-0.15, -0.1) is 0 Å². The second kappa shape index (κ2) is 10.0. The fourth-order valence-electron chi connectivity index (χ4n) is 4.62. The number of fused-ring (bicyclic) bond motifs is 1. The van der Waals surface area contributed by atoms with Gasteiger partial charge in [0.05, 0.1) is 0 Å². The van der Waals surface area contributed by atoms with E-state index in [9.17, 15) is 4.79 Å². The number of amides is 1. The van der Waals surface area contributed by atoms with E-state index in [-0.39, 0.29) is 17.4 Å². The Bertz CT molecular complexity index is 884. The second-order valence-corrected chi connectivity index (χ2v) is 9.14. The van der Waals surface area contributed by atoms with Crippen molar-refractivity contribution in [3.8, 4) is 5.75 Å². The van der Waals surface area contributed by atoms with E-state index >= 15 is 0 Å². The van der Waals surface area contributed by atoms with Crippen LogP contribution in [-0.2, 0) is 21.5 Å². The van der Waals surface area contributed by atoms with Crippen LogP contribution in [-0.4, -0.2) is 49.8 Å². The molecule has 0 radical (unpaired) electrons. The van der Waals surface area contributed by atoms with Gasteiger partial charge in [-0.3, -0.25) is 9.69 Å². The van der Waals surface area contributed by atoms with E-state index in [0.717, 1.165) is 50.5 Å². The first-order valence-electron chi connectivity index (χ1n) is 11.1. The van der Waals surface area contributed by atoms with Gasteiger partial charge >= 0.3 is 0 Å². The zero-order valence-corrected chi connectivity index (χ0v) is 18.9. The van der Waals surface area contributed by atoms with E-state index in [1.165, 1.54) is 5.56 Å². The summed E-state index contributed by atoms with van der Waals surface area (Å²) in [5.41, 5.74) is 2.31. The quantitative estimate of drug-likeness (QED) is 0.729. The normalized spacial score (nSPS) is 20.9. The van der Waals surface area contributed by atoms with Gasteiger partial charge in [-0.25, -0.2) is 0 Å². The van der Waals surface area contributed by atoms with E-state index in [0.29, 0.717) is 24.5 Å². The highest BCUT2D eigenvalue weighted by Crippen LogP contribution is 2.34. The Balaban J connectivity index is 1.34. The highest BCUT2D eigenvalue weighted by molar-refractivity contribution is 6.30. The van der Waals surface area contributed by atoms with E-state index in [2.05, 4.69) is 41.4 Å². The molecule has 2 aromatic rings. The van der Waals surface area contributed by atoms with Crippen molar-refractivity contribution in [2.24, 2.45) is 0 Å². The molecule has 2 aliphatic rings. The summed E-state index contributed by atoms with van der Waals surface area (Å²) in [6.07, 6.45) is 2.38. The standard InChI is InChI=1S/C25H31ClN2O3/c1-19-16-28(17-20-15-22(26)7-8-23(20)31-19)12-9-24(29)27-18-25(10-13-30-14-11-25)21-5-3-2-4-6-21/h2-8,15,19H,9-14,16-18H2,1H3,(H,27,29). The summed E-state index contributed by atoms with van der Waals surface area (Å²) < 4.78 is 11.6. The maximum absolute atomic E-state index is 12.7. The predicted octanol–water partition coefficient (Wildman–Crippen LogP) is 4.18. The summed E-state index contributed by atoms with van der Waals surface area (Å²) in [7, 11) is 0. The molecule has 1 fully saturated rings. The van der Waals surface area contributed by atoms with Gasteiger partial charge in [0.2, 0.25) is 5.91 Å². The number of benzene rings is 2. The minimum Gasteiger partial charge on any atom is -0.489 e. The third-order valence-corrected chi connectivity index (χ3v) is 6.61. The molecule has 2 heterocycles. The van der Waals surface area contributed by atoms with Crippen molar-refractivity contribution in [3.05, 3.63) is 64.7 Å². The fourth-order valence-corrected chi connectivity index (χ4v) is 4.81. The third kappa shape index (κ3) is 5.59. The maximum atomic E-state index is 12.7. The molecule has 2 aliphatic heterocycles. The summed E-state index contributed by atoms with van der Waals surface area (Å²) in [6, 6.07) is 16.2. The average molecular weight is 443 g/mol. The average Bonchev–Trinajstić information content (AvgIpc) is 2.94. The molecule has 1 N–H and O–H groups in total. The van der Waals surface area contributed by atoms with Crippen LogP contribution in [0.2, 0.25) is 5.02 Å². The largest absolute Gasteiger partial charge is 0.489 e. The highest BCUT2D eigenvalue weighted by atomic mass is 35.5. The molecule has 0 aromatic heterocycles. The molecule has 0 spiro atoms. The molecule has 1 saturated heterocycles. The lowest BCUT2D eigenvalue weighted by Gasteiger charge is -2.38. The van der Waals surface area contributed by atoms with Gasteiger partial charge in [-0.1, -0.05) is 41.9 Å². The first kappa shape index (κ1) is 22.1. The molecule has 31 heavy (non-hydrogen) atoms. The number of rotatable bonds is 6. The van der Waals surface area contributed by atoms with Crippen LogP contribution >= 0.6 is 11.6 Å². The third-order valence-electron chi connectivity index (χ3n) is 6.38. The van der Waals surface area contributed by atoms with E-state index in [1.807, 2.05) is 24.3 Å². The SMILES string of the molecule is CC1CN(CCC(=O)NCC2(c3ccccc3)CCOCC2)Cc2cc(Cl)ccc2O1. The first-order valence-corrected chi connectivity index (χ1v) is 11.5. The molecular formula is C25H31ClN2O3. The molecule has 0 aliphatic carbocycles. The Kier molecular flexibility index (Phi) is 7.16. The van der Waals surface area contributed by atoms with Crippen LogP contribution in [0.5, 0.6) is 5.75 Å². The smallest absolute Gasteiger partial charge is 0.221 e. The first-order chi connectivity index (χ1) is 15.0. The van der Waals surface area contributed by atoms with Crippen molar-refractivity contribution in [2.75, 3.05) is 32.8 Å². The molecule has 5 nitrogen and oxygen atoms in total. The lowest BCUT2D eigenvalue weighted by Crippen LogP contribution is -2.45. The molecule has 166 valence electrons. The Morgan fingerprint density at radius 2 is 1.97 bits per heavy atom. The van der Waals surface area contributed by atoms with Gasteiger partial charge in [0.1, 0.15) is 11.9 Å². The Morgan fingerprint density at radius 3 is 2.74 bits per heavy atom. The van der Waals surface area contributed by atoms with Gasteiger partial charge < -0.3 is 14.8 Å². The topological polar surface area (TPSA) is 50.8 Å². The number of halogens is 1. The van der Waals surface area contributed by atoms with Crippen molar-refractivity contribution in [2.45, 2.75) is 44.2 Å². The van der Waals surface area contributed by atoms with Crippen LogP contribution in [0.1, 0.15) is 37.3 Å². The summed E-state index contributed by atoms with van der Waals surface area (Å²) in [6.45, 7) is 6.39. The van der Waals surface area contributed by atoms with Gasteiger partial charge in [0.25, 0.3) is 0 Å². The number of carbonyl (C=O) groups is 1. The molecule has 1 amide bonds. The van der Waals surface area contributed by atoms with Crippen molar-refractivity contribution >= 4 is 17.5 Å². The summed E-state index contributed by atoms with van der Waals surface area (Å²) >= 11 is 6.17. The Morgan fingerprint density at radius 1 is 1.19 bits per heavy atom. The van der Waals surface area contributed by atoms with Crippen molar-refractivity contribution in [3.63, 3.8) is 0 Å². The monoisotopic (exact) mass is 442 g/mol. The van der Waals surface area contributed by atoms with E-state index in [4.69, 9.17) is 21.1 Å². The minimum absolute atomic E-state index is 0.0458. The Labute approximate surface area is 189 Å². The lowest BCUT2D eigenvalue weighted by atomic mass is 9.74. The summed E-state index contributed by atoms with van der Waals surface area (Å²) in [5.74, 6) is 0.971. The zero-order chi connectivity index (χ0) is 21.7. The van der Waals surface area contributed by atoms with Crippen LogP contribution < -0.4 is 10.1 Å². The number of ether oxygens (including phenoxy) is 2. The van der Waals surface area contributed by atoms with Crippen molar-refractivity contribution in [1.82, 2.24) is 10.2 Å². The fraction of sp³-hybridized carbons (Fsp3) is 0.480. The summed E-state index contributed by atoms with van der Waals surface area (Å²) in [4.78, 5) is 15.0. The molecule has 2 aromatic carbocycles. The Hall–Kier alpha value is -2.08. The van der Waals surface area contributed by atoms with Gasteiger partial charge in [-0.05, 0) is 43.5 Å². The molecule has 0 saturated carbocycles. The number of nitrogens with zero attached hydrogens (tertiary/aromatic N) is 1. The van der Waals surface area contributed by atoms with Crippen LogP contribution in [0.4, 0.5) is 0 Å². The summed E-state index contributed by atoms with van der Waals surface area (Å²) in [5, 5.41) is 3.92. The predicted molar refractivity (Wildman–Crippen MR) is 123 cm³/mol. The van der Waals surface area contributed by atoms with Gasteiger partial charge in [0.15, 0.2) is 0 Å². The van der Waals surface area contributed by atoms with Gasteiger partial charge in [0, 0.05) is 61.8 Å². The molecule has 1 atom stereocenters. The molecule has 4 rings (SSSR count). The zero-order valence-electron chi connectivity index (χ0n) is 18.1. The molecular weight excluding hydrogens is 412 g/mol. The minimum atomic E-state index is -0.0458. The molecule has 1 unspecified atom stereocenters. The van der Waals surface area contributed by atoms with Crippen LogP contribution in [0, 0.1) is 0 Å². The second-order valence-electron chi connectivity index (χ2n) is 8.70. The van der Waals surface area contributed by atoms with Gasteiger partial charge in [-0.2, -0.15) is 0 Å². The number of hydrogen-bond donors (Lipinski definition) is 1. The van der Waals surface area contributed by atoms with Crippen LogP contribution in [0.3, 0.4) is 0 Å². The highest BCUT2D eigenvalue weighted by Gasteiger charge is 2.34. The van der Waals surface area contributed by atoms with E-state index < -0.39 is 0 Å². The molecule has 0 bridgehead atoms. The maximum Gasteiger partial charge on any atom is 0.221 e. The van der Waals surface area contributed by atoms with Crippen LogP contribution in [0.15, 0.2) is 48.5 Å². The van der Waals surface area contributed by atoms with Crippen molar-refractivity contribution < 1.29 is 14.3 Å². The molecule has 6 heteroatoms. The van der Waals surface area contributed by atoms with Crippen LogP contribution in [0.25, 0.3) is 0 Å².